The molecular formula is C14H14N4O2S. The van der Waals surface area contributed by atoms with Crippen LogP contribution >= 0.6 is 11.3 Å². The van der Waals surface area contributed by atoms with Crippen LogP contribution in [0.25, 0.3) is 10.2 Å². The second-order valence-corrected chi connectivity index (χ2v) is 6.26. The smallest absolute Gasteiger partial charge is 0.262 e. The molecule has 0 aromatic carbocycles. The quantitative estimate of drug-likeness (QED) is 0.739. The van der Waals surface area contributed by atoms with Crippen LogP contribution in [-0.4, -0.2) is 19.7 Å². The van der Waals surface area contributed by atoms with Crippen LogP contribution in [0.5, 0.6) is 0 Å². The van der Waals surface area contributed by atoms with E-state index in [-0.39, 0.29) is 12.1 Å². The van der Waals surface area contributed by atoms with Crippen molar-refractivity contribution in [2.45, 2.75) is 39.2 Å². The van der Waals surface area contributed by atoms with Crippen molar-refractivity contribution in [2.75, 3.05) is 0 Å². The SMILES string of the molecule is CCc1noc(Cn2cnc3sc4c(c3c2=O)CCC4)n1. The third-order valence-corrected chi connectivity index (χ3v) is 5.02. The van der Waals surface area contributed by atoms with Crippen molar-refractivity contribution in [3.8, 4) is 0 Å². The van der Waals surface area contributed by atoms with E-state index in [1.807, 2.05) is 6.92 Å². The Morgan fingerprint density at radius 1 is 1.43 bits per heavy atom. The summed E-state index contributed by atoms with van der Waals surface area (Å²) < 4.78 is 6.71. The average molecular weight is 302 g/mol. The first kappa shape index (κ1) is 12.7. The van der Waals surface area contributed by atoms with Crippen LogP contribution < -0.4 is 5.56 Å². The first-order valence-electron chi connectivity index (χ1n) is 7.07. The Bertz CT molecular complexity index is 877. The molecule has 4 rings (SSSR count). The van der Waals surface area contributed by atoms with Gasteiger partial charge in [-0.2, -0.15) is 4.98 Å². The minimum absolute atomic E-state index is 0.00403. The molecule has 0 fully saturated rings. The molecule has 21 heavy (non-hydrogen) atoms. The van der Waals surface area contributed by atoms with Gasteiger partial charge in [-0.1, -0.05) is 12.1 Å². The average Bonchev–Trinajstić information content (AvgIpc) is 3.16. The summed E-state index contributed by atoms with van der Waals surface area (Å²) in [5.74, 6) is 1.10. The Morgan fingerprint density at radius 2 is 2.33 bits per heavy atom. The second kappa shape index (κ2) is 4.77. The van der Waals surface area contributed by atoms with Crippen molar-refractivity contribution in [3.05, 3.63) is 38.8 Å². The van der Waals surface area contributed by atoms with E-state index >= 15 is 0 Å². The van der Waals surface area contributed by atoms with Crippen molar-refractivity contribution < 1.29 is 4.52 Å². The third-order valence-electron chi connectivity index (χ3n) is 3.82. The first-order chi connectivity index (χ1) is 10.3. The lowest BCUT2D eigenvalue weighted by Crippen LogP contribution is -2.21. The minimum Gasteiger partial charge on any atom is -0.337 e. The highest BCUT2D eigenvalue weighted by Gasteiger charge is 2.21. The molecule has 0 aliphatic heterocycles. The predicted molar refractivity (Wildman–Crippen MR) is 78.7 cm³/mol. The fourth-order valence-electron chi connectivity index (χ4n) is 2.78. The van der Waals surface area contributed by atoms with E-state index in [0.717, 1.165) is 29.5 Å². The summed E-state index contributed by atoms with van der Waals surface area (Å²) in [5, 5.41) is 4.63. The molecule has 108 valence electrons. The largest absolute Gasteiger partial charge is 0.337 e. The summed E-state index contributed by atoms with van der Waals surface area (Å²) in [7, 11) is 0. The van der Waals surface area contributed by atoms with Crippen LogP contribution in [0.1, 0.15) is 35.5 Å². The van der Waals surface area contributed by atoms with E-state index in [2.05, 4.69) is 15.1 Å². The van der Waals surface area contributed by atoms with Gasteiger partial charge in [0.25, 0.3) is 5.56 Å². The summed E-state index contributed by atoms with van der Waals surface area (Å²) in [4.78, 5) is 23.5. The van der Waals surface area contributed by atoms with Gasteiger partial charge in [0.2, 0.25) is 5.89 Å². The number of aromatic nitrogens is 4. The fraction of sp³-hybridized carbons (Fsp3) is 0.429. The lowest BCUT2D eigenvalue weighted by molar-refractivity contribution is 0.365. The summed E-state index contributed by atoms with van der Waals surface area (Å²) in [5.41, 5.74) is 1.19. The molecule has 0 saturated carbocycles. The van der Waals surface area contributed by atoms with E-state index in [4.69, 9.17) is 4.52 Å². The van der Waals surface area contributed by atoms with Gasteiger partial charge in [0.05, 0.1) is 11.7 Å². The maximum absolute atomic E-state index is 12.7. The van der Waals surface area contributed by atoms with Crippen molar-refractivity contribution in [1.82, 2.24) is 19.7 Å². The van der Waals surface area contributed by atoms with Crippen molar-refractivity contribution in [3.63, 3.8) is 0 Å². The zero-order valence-corrected chi connectivity index (χ0v) is 12.4. The van der Waals surface area contributed by atoms with Crippen LogP contribution in [-0.2, 0) is 25.8 Å². The highest BCUT2D eigenvalue weighted by Crippen LogP contribution is 2.34. The summed E-state index contributed by atoms with van der Waals surface area (Å²) in [6.07, 6.45) is 5.48. The second-order valence-electron chi connectivity index (χ2n) is 5.17. The van der Waals surface area contributed by atoms with E-state index in [1.54, 1.807) is 22.2 Å². The highest BCUT2D eigenvalue weighted by atomic mass is 32.1. The number of hydrogen-bond acceptors (Lipinski definition) is 6. The molecule has 1 aliphatic rings. The molecule has 7 heteroatoms. The van der Waals surface area contributed by atoms with E-state index in [9.17, 15) is 4.79 Å². The molecule has 0 spiro atoms. The van der Waals surface area contributed by atoms with Gasteiger partial charge in [0, 0.05) is 11.3 Å². The number of fused-ring (bicyclic) bond motifs is 3. The lowest BCUT2D eigenvalue weighted by atomic mass is 10.2. The molecule has 3 heterocycles. The standard InChI is InChI=1S/C14H14N4O2S/c1-2-10-16-11(20-17-10)6-18-7-15-13-12(14(18)19)8-4-3-5-9(8)21-13/h7H,2-6H2,1H3. The molecule has 3 aromatic heterocycles. The van der Waals surface area contributed by atoms with Crippen LogP contribution in [0.15, 0.2) is 15.6 Å². The molecule has 0 amide bonds. The zero-order valence-electron chi connectivity index (χ0n) is 11.6. The van der Waals surface area contributed by atoms with Crippen LogP contribution in [0.4, 0.5) is 0 Å². The first-order valence-corrected chi connectivity index (χ1v) is 7.89. The van der Waals surface area contributed by atoms with Crippen molar-refractivity contribution in [1.29, 1.82) is 0 Å². The monoisotopic (exact) mass is 302 g/mol. The third kappa shape index (κ3) is 1.99. The number of aryl methyl sites for hydroxylation is 3. The fourth-order valence-corrected chi connectivity index (χ4v) is 4.00. The topological polar surface area (TPSA) is 73.8 Å². The van der Waals surface area contributed by atoms with Gasteiger partial charge in [-0.3, -0.25) is 9.36 Å². The number of nitrogens with zero attached hydrogens (tertiary/aromatic N) is 4. The molecule has 0 saturated heterocycles. The molecule has 0 N–H and O–H groups in total. The summed E-state index contributed by atoms with van der Waals surface area (Å²) in [6, 6.07) is 0. The van der Waals surface area contributed by atoms with Gasteiger partial charge in [-0.25, -0.2) is 4.98 Å². The molecule has 1 aliphatic carbocycles. The molecule has 3 aromatic rings. The number of hydrogen-bond donors (Lipinski definition) is 0. The Balaban J connectivity index is 1.79. The van der Waals surface area contributed by atoms with Gasteiger partial charge in [-0.15, -0.1) is 11.3 Å². The Kier molecular flexibility index (Phi) is 2.88. The molecule has 0 atom stereocenters. The molecule has 0 bridgehead atoms. The minimum atomic E-state index is -0.00403. The van der Waals surface area contributed by atoms with Crippen LogP contribution in [0, 0.1) is 0 Å². The van der Waals surface area contributed by atoms with E-state index in [0.29, 0.717) is 18.1 Å². The maximum Gasteiger partial charge on any atom is 0.262 e. The molecule has 0 unspecified atom stereocenters. The van der Waals surface area contributed by atoms with Gasteiger partial charge in [-0.05, 0) is 24.8 Å². The molecular weight excluding hydrogens is 288 g/mol. The Hall–Kier alpha value is -2.02. The van der Waals surface area contributed by atoms with Gasteiger partial charge in [0.1, 0.15) is 11.4 Å². The van der Waals surface area contributed by atoms with Gasteiger partial charge >= 0.3 is 0 Å². The van der Waals surface area contributed by atoms with E-state index < -0.39 is 0 Å². The van der Waals surface area contributed by atoms with Crippen LogP contribution in [0.3, 0.4) is 0 Å². The van der Waals surface area contributed by atoms with Gasteiger partial charge in [0.15, 0.2) is 5.82 Å². The predicted octanol–water partition coefficient (Wildman–Crippen LogP) is 1.94. The molecule has 0 radical (unpaired) electrons. The van der Waals surface area contributed by atoms with Crippen molar-refractivity contribution >= 4 is 21.6 Å². The number of rotatable bonds is 3. The number of thiophene rings is 1. The van der Waals surface area contributed by atoms with Gasteiger partial charge < -0.3 is 4.52 Å². The zero-order chi connectivity index (χ0) is 14.4. The Labute approximate surface area is 124 Å². The Morgan fingerprint density at radius 3 is 3.14 bits per heavy atom. The lowest BCUT2D eigenvalue weighted by Gasteiger charge is -2.02. The normalized spacial score (nSPS) is 14.0. The van der Waals surface area contributed by atoms with E-state index in [1.165, 1.54) is 10.4 Å². The summed E-state index contributed by atoms with van der Waals surface area (Å²) in [6.45, 7) is 2.24. The summed E-state index contributed by atoms with van der Waals surface area (Å²) >= 11 is 1.65. The molecule has 6 nitrogen and oxygen atoms in total. The highest BCUT2D eigenvalue weighted by molar-refractivity contribution is 7.18. The maximum atomic E-state index is 12.7. The van der Waals surface area contributed by atoms with Crippen molar-refractivity contribution in [2.24, 2.45) is 0 Å². The van der Waals surface area contributed by atoms with Crippen LogP contribution in [0.2, 0.25) is 0 Å².